The Morgan fingerprint density at radius 2 is 1.78 bits per heavy atom. The molecule has 180 valence electrons. The summed E-state index contributed by atoms with van der Waals surface area (Å²) in [6, 6.07) is 21.2. The first kappa shape index (κ1) is 23.0. The summed E-state index contributed by atoms with van der Waals surface area (Å²) in [4.78, 5) is 33.9. The van der Waals surface area contributed by atoms with Crippen molar-refractivity contribution in [3.8, 4) is 11.1 Å². The number of nitrogens with one attached hydrogen (secondary N) is 1. The van der Waals surface area contributed by atoms with E-state index < -0.39 is 17.8 Å². The number of pyridine rings is 1. The second kappa shape index (κ2) is 9.50. The Kier molecular flexibility index (Phi) is 6.08. The van der Waals surface area contributed by atoms with Crippen molar-refractivity contribution in [2.45, 2.75) is 13.5 Å². The predicted molar refractivity (Wildman–Crippen MR) is 137 cm³/mol. The van der Waals surface area contributed by atoms with Crippen molar-refractivity contribution in [2.75, 3.05) is 11.4 Å². The van der Waals surface area contributed by atoms with E-state index >= 15 is 0 Å². The number of rotatable bonds is 6. The number of anilines is 1. The molecule has 3 N–H and O–H groups in total. The molecule has 0 saturated carbocycles. The number of amides is 2. The zero-order valence-electron chi connectivity index (χ0n) is 19.5. The molecule has 7 nitrogen and oxygen atoms in total. The van der Waals surface area contributed by atoms with Crippen molar-refractivity contribution in [1.82, 2.24) is 9.97 Å². The molecular weight excluding hydrogens is 459 g/mol. The van der Waals surface area contributed by atoms with Gasteiger partial charge < -0.3 is 15.5 Å². The van der Waals surface area contributed by atoms with E-state index in [0.717, 1.165) is 10.9 Å². The van der Waals surface area contributed by atoms with Crippen molar-refractivity contribution in [3.05, 3.63) is 96.1 Å². The van der Waals surface area contributed by atoms with Crippen LogP contribution in [0.25, 0.3) is 32.9 Å². The maximum absolute atomic E-state index is 14.7. The number of hydrogen-bond acceptors (Lipinski definition) is 4. The fourth-order valence-electron chi connectivity index (χ4n) is 4.35. The normalized spacial score (nSPS) is 11.1. The van der Waals surface area contributed by atoms with E-state index in [2.05, 4.69) is 9.97 Å². The SMILES string of the molecule is CCN(C(=O)OCc1ccccc1)c1ccc2c(c1)[nH]c1c(C(N)=O)ncc(-c3ccccc3F)c12. The second-order valence-electron chi connectivity index (χ2n) is 8.25. The summed E-state index contributed by atoms with van der Waals surface area (Å²) in [7, 11) is 0. The molecule has 0 aliphatic carbocycles. The van der Waals surface area contributed by atoms with Gasteiger partial charge in [-0.05, 0) is 30.7 Å². The summed E-state index contributed by atoms with van der Waals surface area (Å²) in [5.74, 6) is -1.11. The molecule has 5 rings (SSSR count). The second-order valence-corrected chi connectivity index (χ2v) is 8.25. The summed E-state index contributed by atoms with van der Waals surface area (Å²) >= 11 is 0. The lowest BCUT2D eigenvalue weighted by Gasteiger charge is -2.20. The van der Waals surface area contributed by atoms with Gasteiger partial charge in [-0.25, -0.2) is 14.2 Å². The van der Waals surface area contributed by atoms with Crippen LogP contribution in [0.4, 0.5) is 14.9 Å². The molecule has 0 bridgehead atoms. The van der Waals surface area contributed by atoms with E-state index in [-0.39, 0.29) is 12.3 Å². The molecule has 0 aliphatic rings. The molecule has 8 heteroatoms. The average Bonchev–Trinajstić information content (AvgIpc) is 3.27. The Bertz CT molecular complexity index is 1600. The Morgan fingerprint density at radius 1 is 1.03 bits per heavy atom. The fraction of sp³-hybridized carbons (Fsp3) is 0.107. The van der Waals surface area contributed by atoms with Crippen LogP contribution in [0.2, 0.25) is 0 Å². The Morgan fingerprint density at radius 3 is 2.50 bits per heavy atom. The van der Waals surface area contributed by atoms with Crippen LogP contribution in [0.5, 0.6) is 0 Å². The number of aromatic amines is 1. The van der Waals surface area contributed by atoms with Crippen LogP contribution in [-0.4, -0.2) is 28.5 Å². The van der Waals surface area contributed by atoms with Crippen LogP contribution < -0.4 is 10.6 Å². The van der Waals surface area contributed by atoms with Crippen LogP contribution >= 0.6 is 0 Å². The maximum Gasteiger partial charge on any atom is 0.414 e. The van der Waals surface area contributed by atoms with Gasteiger partial charge in [-0.15, -0.1) is 0 Å². The topological polar surface area (TPSA) is 101 Å². The first-order chi connectivity index (χ1) is 17.5. The Hall–Kier alpha value is -4.72. The van der Waals surface area contributed by atoms with Crippen LogP contribution in [0.3, 0.4) is 0 Å². The number of fused-ring (bicyclic) bond motifs is 3. The lowest BCUT2D eigenvalue weighted by Crippen LogP contribution is -2.31. The fourth-order valence-corrected chi connectivity index (χ4v) is 4.35. The van der Waals surface area contributed by atoms with E-state index in [4.69, 9.17) is 10.5 Å². The highest BCUT2D eigenvalue weighted by atomic mass is 19.1. The summed E-state index contributed by atoms with van der Waals surface area (Å²) < 4.78 is 20.2. The van der Waals surface area contributed by atoms with Crippen molar-refractivity contribution >= 4 is 39.5 Å². The van der Waals surface area contributed by atoms with E-state index in [0.29, 0.717) is 39.8 Å². The van der Waals surface area contributed by atoms with E-state index in [1.165, 1.54) is 17.2 Å². The van der Waals surface area contributed by atoms with Gasteiger partial charge >= 0.3 is 6.09 Å². The summed E-state index contributed by atoms with van der Waals surface area (Å²) in [6.07, 6.45) is 0.977. The number of nitrogens with two attached hydrogens (primary N) is 1. The number of carbonyl (C=O) groups excluding carboxylic acids is 2. The van der Waals surface area contributed by atoms with E-state index in [1.54, 1.807) is 30.3 Å². The molecule has 0 unspecified atom stereocenters. The molecule has 2 aromatic heterocycles. The monoisotopic (exact) mass is 482 g/mol. The third kappa shape index (κ3) is 4.13. The van der Waals surface area contributed by atoms with E-state index in [9.17, 15) is 14.0 Å². The van der Waals surface area contributed by atoms with Gasteiger partial charge in [0, 0.05) is 45.8 Å². The molecule has 0 radical (unpaired) electrons. The molecule has 0 aliphatic heterocycles. The molecule has 2 heterocycles. The number of halogens is 1. The van der Waals surface area contributed by atoms with Crippen molar-refractivity contribution in [2.24, 2.45) is 5.73 Å². The molecule has 5 aromatic rings. The van der Waals surface area contributed by atoms with Crippen molar-refractivity contribution < 1.29 is 18.7 Å². The highest BCUT2D eigenvalue weighted by Crippen LogP contribution is 2.37. The number of benzene rings is 3. The number of carbonyl (C=O) groups is 2. The number of nitrogens with zero attached hydrogens (tertiary/aromatic N) is 2. The minimum Gasteiger partial charge on any atom is -0.444 e. The van der Waals surface area contributed by atoms with Gasteiger partial charge in [0.05, 0.1) is 5.52 Å². The van der Waals surface area contributed by atoms with Gasteiger partial charge in [-0.1, -0.05) is 54.6 Å². The number of ether oxygens (including phenoxy) is 1. The molecule has 3 aromatic carbocycles. The minimum atomic E-state index is -0.702. The largest absolute Gasteiger partial charge is 0.444 e. The molecule has 2 amide bonds. The Balaban J connectivity index is 1.58. The summed E-state index contributed by atoms with van der Waals surface area (Å²) in [5.41, 5.74) is 9.06. The highest BCUT2D eigenvalue weighted by Gasteiger charge is 2.21. The van der Waals surface area contributed by atoms with E-state index in [1.807, 2.05) is 43.3 Å². The van der Waals surface area contributed by atoms with Gasteiger partial charge in [0.2, 0.25) is 0 Å². The number of aromatic nitrogens is 2. The standard InChI is InChI=1S/C28H23FN4O3/c1-2-33(28(35)36-16-17-8-4-3-5-9-17)18-12-13-20-23(14-18)32-25-24(20)21(15-31-26(25)27(30)34)19-10-6-7-11-22(19)29/h3-15,32H,2,16H2,1H3,(H2,30,34). The zero-order chi connectivity index (χ0) is 25.2. The number of hydrogen-bond donors (Lipinski definition) is 2. The van der Waals surface area contributed by atoms with Gasteiger partial charge in [0.25, 0.3) is 5.91 Å². The number of H-pyrrole nitrogens is 1. The molecular formula is C28H23FN4O3. The summed E-state index contributed by atoms with van der Waals surface area (Å²) in [5, 5.41) is 1.37. The first-order valence-corrected chi connectivity index (χ1v) is 11.4. The lowest BCUT2D eigenvalue weighted by molar-refractivity contribution is 0.0997. The highest BCUT2D eigenvalue weighted by molar-refractivity contribution is 6.19. The number of primary amides is 1. The van der Waals surface area contributed by atoms with Crippen LogP contribution in [-0.2, 0) is 11.3 Å². The Labute approximate surface area is 206 Å². The van der Waals surface area contributed by atoms with Gasteiger partial charge in [-0.3, -0.25) is 9.69 Å². The van der Waals surface area contributed by atoms with Gasteiger partial charge in [0.1, 0.15) is 12.4 Å². The molecule has 0 saturated heterocycles. The smallest absolute Gasteiger partial charge is 0.414 e. The third-order valence-electron chi connectivity index (χ3n) is 6.06. The first-order valence-electron chi connectivity index (χ1n) is 11.4. The maximum atomic E-state index is 14.7. The van der Waals surface area contributed by atoms with Crippen LogP contribution in [0.1, 0.15) is 23.0 Å². The molecule has 36 heavy (non-hydrogen) atoms. The lowest BCUT2D eigenvalue weighted by atomic mass is 10.00. The zero-order valence-corrected chi connectivity index (χ0v) is 19.5. The third-order valence-corrected chi connectivity index (χ3v) is 6.06. The molecule has 0 spiro atoms. The van der Waals surface area contributed by atoms with Crippen molar-refractivity contribution in [3.63, 3.8) is 0 Å². The van der Waals surface area contributed by atoms with Crippen molar-refractivity contribution in [1.29, 1.82) is 0 Å². The van der Waals surface area contributed by atoms with Gasteiger partial charge in [-0.2, -0.15) is 0 Å². The average molecular weight is 483 g/mol. The van der Waals surface area contributed by atoms with Crippen LogP contribution in [0, 0.1) is 5.82 Å². The molecule has 0 fully saturated rings. The molecule has 0 atom stereocenters. The summed E-state index contributed by atoms with van der Waals surface area (Å²) in [6.45, 7) is 2.39. The van der Waals surface area contributed by atoms with Crippen LogP contribution in [0.15, 0.2) is 79.0 Å². The quantitative estimate of drug-likeness (QED) is 0.320. The van der Waals surface area contributed by atoms with Gasteiger partial charge in [0.15, 0.2) is 5.69 Å². The minimum absolute atomic E-state index is 0.0532. The predicted octanol–water partition coefficient (Wildman–Crippen LogP) is 5.78.